The Bertz CT molecular complexity index is 428. The lowest BCUT2D eigenvalue weighted by molar-refractivity contribution is 0.125. The monoisotopic (exact) mass is 248 g/mol. The van der Waals surface area contributed by atoms with E-state index in [0.29, 0.717) is 11.8 Å². The maximum absolute atomic E-state index is 11.6. The van der Waals surface area contributed by atoms with Gasteiger partial charge in [-0.25, -0.2) is 4.79 Å². The molecule has 4 nitrogen and oxygen atoms in total. The Morgan fingerprint density at radius 1 is 1.33 bits per heavy atom. The van der Waals surface area contributed by atoms with Gasteiger partial charge in [-0.1, -0.05) is 18.2 Å². The summed E-state index contributed by atoms with van der Waals surface area (Å²) >= 11 is 0. The van der Waals surface area contributed by atoms with Crippen molar-refractivity contribution in [2.45, 2.75) is 19.4 Å². The molecule has 98 valence electrons. The molecule has 2 rings (SSSR count). The van der Waals surface area contributed by atoms with Crippen LogP contribution in [0, 0.1) is 0 Å². The normalized spacial score (nSPS) is 16.8. The van der Waals surface area contributed by atoms with Gasteiger partial charge in [0.15, 0.2) is 0 Å². The zero-order valence-corrected chi connectivity index (χ0v) is 11.2. The number of amides is 1. The average molecular weight is 248 g/mol. The van der Waals surface area contributed by atoms with Crippen LogP contribution >= 0.6 is 0 Å². The van der Waals surface area contributed by atoms with Gasteiger partial charge in [-0.2, -0.15) is 0 Å². The molecule has 1 atom stereocenters. The fourth-order valence-electron chi connectivity index (χ4n) is 2.03. The standard InChI is InChI=1S/C14H20N2O2/c1-11(16-9-6-10-16)12-7-4-5-8-13(12)18-14(17)15(2)3/h4-5,7-8,11H,6,9-10H2,1-3H3. The first kappa shape index (κ1) is 12.9. The Morgan fingerprint density at radius 3 is 2.56 bits per heavy atom. The van der Waals surface area contributed by atoms with E-state index in [2.05, 4.69) is 11.8 Å². The second-order valence-corrected chi connectivity index (χ2v) is 4.87. The van der Waals surface area contributed by atoms with Crippen LogP contribution in [0.4, 0.5) is 4.79 Å². The van der Waals surface area contributed by atoms with Crippen molar-refractivity contribution in [2.24, 2.45) is 0 Å². The molecule has 1 aromatic carbocycles. The maximum atomic E-state index is 11.6. The summed E-state index contributed by atoms with van der Waals surface area (Å²) in [6.07, 6.45) is 0.919. The number of likely N-dealkylation sites (tertiary alicyclic amines) is 1. The first-order chi connectivity index (χ1) is 8.59. The number of benzene rings is 1. The van der Waals surface area contributed by atoms with E-state index in [1.54, 1.807) is 14.1 Å². The van der Waals surface area contributed by atoms with E-state index >= 15 is 0 Å². The number of rotatable bonds is 3. The minimum absolute atomic E-state index is 0.296. The molecule has 0 spiro atoms. The Labute approximate surface area is 108 Å². The van der Waals surface area contributed by atoms with Gasteiger partial charge in [0.1, 0.15) is 5.75 Å². The lowest BCUT2D eigenvalue weighted by Gasteiger charge is -2.37. The highest BCUT2D eigenvalue weighted by Gasteiger charge is 2.24. The van der Waals surface area contributed by atoms with E-state index in [1.165, 1.54) is 11.3 Å². The molecule has 0 aromatic heterocycles. The quantitative estimate of drug-likeness (QED) is 0.824. The lowest BCUT2D eigenvalue weighted by atomic mass is 10.0. The molecule has 18 heavy (non-hydrogen) atoms. The largest absolute Gasteiger partial charge is 0.414 e. The first-order valence-electron chi connectivity index (χ1n) is 6.31. The van der Waals surface area contributed by atoms with Gasteiger partial charge in [0.25, 0.3) is 0 Å². The molecule has 4 heteroatoms. The zero-order valence-electron chi connectivity index (χ0n) is 11.2. The molecule has 0 bridgehead atoms. The van der Waals surface area contributed by atoms with Gasteiger partial charge >= 0.3 is 6.09 Å². The molecule has 1 unspecified atom stereocenters. The smallest absolute Gasteiger partial charge is 0.410 e. The minimum Gasteiger partial charge on any atom is -0.410 e. The Balaban J connectivity index is 2.16. The topological polar surface area (TPSA) is 32.8 Å². The highest BCUT2D eigenvalue weighted by atomic mass is 16.6. The molecule has 0 radical (unpaired) electrons. The number of nitrogens with zero attached hydrogens (tertiary/aromatic N) is 2. The van der Waals surface area contributed by atoms with Crippen LogP contribution in [0.1, 0.15) is 24.9 Å². The van der Waals surface area contributed by atoms with Crippen LogP contribution in [0.3, 0.4) is 0 Å². The molecule has 1 aliphatic rings. The third-order valence-corrected chi connectivity index (χ3v) is 3.37. The predicted octanol–water partition coefficient (Wildman–Crippen LogP) is 2.51. The third kappa shape index (κ3) is 2.64. The average Bonchev–Trinajstić information content (AvgIpc) is 2.27. The van der Waals surface area contributed by atoms with E-state index < -0.39 is 0 Å². The highest BCUT2D eigenvalue weighted by Crippen LogP contribution is 2.31. The molecular weight excluding hydrogens is 228 g/mol. The fraction of sp³-hybridized carbons (Fsp3) is 0.500. The van der Waals surface area contributed by atoms with Crippen molar-refractivity contribution in [3.8, 4) is 5.75 Å². The third-order valence-electron chi connectivity index (χ3n) is 3.37. The van der Waals surface area contributed by atoms with E-state index in [9.17, 15) is 4.79 Å². The van der Waals surface area contributed by atoms with Crippen molar-refractivity contribution >= 4 is 6.09 Å². The second-order valence-electron chi connectivity index (χ2n) is 4.87. The summed E-state index contributed by atoms with van der Waals surface area (Å²) < 4.78 is 5.41. The lowest BCUT2D eigenvalue weighted by Crippen LogP contribution is -2.39. The second kappa shape index (κ2) is 5.40. The molecule has 1 saturated heterocycles. The summed E-state index contributed by atoms with van der Waals surface area (Å²) in [5, 5.41) is 0. The van der Waals surface area contributed by atoms with Crippen molar-refractivity contribution in [1.29, 1.82) is 0 Å². The molecule has 0 saturated carbocycles. The number of hydrogen-bond donors (Lipinski definition) is 0. The zero-order chi connectivity index (χ0) is 13.1. The molecule has 0 aliphatic carbocycles. The number of carbonyl (C=O) groups is 1. The molecule has 0 N–H and O–H groups in total. The van der Waals surface area contributed by atoms with Crippen molar-refractivity contribution in [1.82, 2.24) is 9.80 Å². The number of hydrogen-bond acceptors (Lipinski definition) is 3. The van der Waals surface area contributed by atoms with Gasteiger partial charge in [0, 0.05) is 25.7 Å². The Hall–Kier alpha value is -1.55. The predicted molar refractivity (Wildman–Crippen MR) is 70.8 cm³/mol. The molecule has 1 heterocycles. The van der Waals surface area contributed by atoms with Crippen LogP contribution in [-0.2, 0) is 0 Å². The Morgan fingerprint density at radius 2 is 2.00 bits per heavy atom. The SMILES string of the molecule is CC(c1ccccc1OC(=O)N(C)C)N1CCC1. The number of carbonyl (C=O) groups excluding carboxylic acids is 1. The minimum atomic E-state index is -0.335. The van der Waals surface area contributed by atoms with Crippen molar-refractivity contribution in [2.75, 3.05) is 27.2 Å². The molecule has 1 aliphatic heterocycles. The summed E-state index contributed by atoms with van der Waals surface area (Å²) in [7, 11) is 3.37. The maximum Gasteiger partial charge on any atom is 0.414 e. The van der Waals surface area contributed by atoms with Gasteiger partial charge in [-0.15, -0.1) is 0 Å². The van der Waals surface area contributed by atoms with Crippen LogP contribution in [0.2, 0.25) is 0 Å². The number of ether oxygens (including phenoxy) is 1. The van der Waals surface area contributed by atoms with Gasteiger partial charge < -0.3 is 9.64 Å². The first-order valence-corrected chi connectivity index (χ1v) is 6.31. The van der Waals surface area contributed by atoms with Gasteiger partial charge in [0.05, 0.1) is 0 Å². The summed E-state index contributed by atoms with van der Waals surface area (Å²) in [5.41, 5.74) is 1.08. The fourth-order valence-corrected chi connectivity index (χ4v) is 2.03. The van der Waals surface area contributed by atoms with Crippen LogP contribution in [0.15, 0.2) is 24.3 Å². The van der Waals surface area contributed by atoms with Crippen LogP contribution in [0.25, 0.3) is 0 Å². The number of para-hydroxylation sites is 1. The summed E-state index contributed by atoms with van der Waals surface area (Å²) in [4.78, 5) is 15.4. The highest BCUT2D eigenvalue weighted by molar-refractivity contribution is 5.70. The van der Waals surface area contributed by atoms with Gasteiger partial charge in [-0.3, -0.25) is 4.90 Å². The molecular formula is C14H20N2O2. The molecule has 1 aromatic rings. The van der Waals surface area contributed by atoms with Gasteiger partial charge in [0.2, 0.25) is 0 Å². The van der Waals surface area contributed by atoms with Crippen molar-refractivity contribution < 1.29 is 9.53 Å². The van der Waals surface area contributed by atoms with E-state index in [1.807, 2.05) is 24.3 Å². The molecule has 1 amide bonds. The van der Waals surface area contributed by atoms with E-state index in [-0.39, 0.29) is 6.09 Å². The van der Waals surface area contributed by atoms with Crippen molar-refractivity contribution in [3.63, 3.8) is 0 Å². The summed E-state index contributed by atoms with van der Waals surface area (Å²) in [5.74, 6) is 0.663. The Kier molecular flexibility index (Phi) is 3.87. The van der Waals surface area contributed by atoms with Crippen LogP contribution in [-0.4, -0.2) is 43.1 Å². The van der Waals surface area contributed by atoms with E-state index in [0.717, 1.165) is 18.7 Å². The summed E-state index contributed by atoms with van der Waals surface area (Å²) in [6.45, 7) is 4.40. The molecule has 1 fully saturated rings. The van der Waals surface area contributed by atoms with Crippen LogP contribution < -0.4 is 4.74 Å². The van der Waals surface area contributed by atoms with E-state index in [4.69, 9.17) is 4.74 Å². The van der Waals surface area contributed by atoms with Crippen molar-refractivity contribution in [3.05, 3.63) is 29.8 Å². The summed E-state index contributed by atoms with van der Waals surface area (Å²) in [6, 6.07) is 8.06. The van der Waals surface area contributed by atoms with Crippen LogP contribution in [0.5, 0.6) is 5.75 Å². The van der Waals surface area contributed by atoms with Gasteiger partial charge in [-0.05, 0) is 32.5 Å².